The summed E-state index contributed by atoms with van der Waals surface area (Å²) in [6.45, 7) is 2.67. The molecule has 22 heavy (non-hydrogen) atoms. The van der Waals surface area contributed by atoms with Gasteiger partial charge >= 0.3 is 0 Å². The summed E-state index contributed by atoms with van der Waals surface area (Å²) in [6, 6.07) is 5.82. The summed E-state index contributed by atoms with van der Waals surface area (Å²) >= 11 is 0. The van der Waals surface area contributed by atoms with Crippen LogP contribution in [0.4, 0.5) is 0 Å². The van der Waals surface area contributed by atoms with Gasteiger partial charge in [-0.25, -0.2) is 0 Å². The van der Waals surface area contributed by atoms with Crippen molar-refractivity contribution in [1.29, 1.82) is 5.26 Å². The van der Waals surface area contributed by atoms with Crippen LogP contribution in [0.25, 0.3) is 0 Å². The molecule has 0 aliphatic carbocycles. The van der Waals surface area contributed by atoms with Gasteiger partial charge in [0, 0.05) is 37.3 Å². The number of fused-ring (bicyclic) bond motifs is 2. The van der Waals surface area contributed by atoms with Crippen molar-refractivity contribution in [2.45, 2.75) is 32.5 Å². The van der Waals surface area contributed by atoms with E-state index in [1.165, 1.54) is 0 Å². The standard InChI is InChI=1S/C15H16N6O/c16-9-12-8-14-10-19(5-6-21(14)18-12)15(22)11-2-4-20-13(7-11)1-3-17-20/h1,3,8,11H,2,4-7,10H2. The fourth-order valence-electron chi connectivity index (χ4n) is 3.35. The largest absolute Gasteiger partial charge is 0.335 e. The molecule has 0 saturated heterocycles. The minimum Gasteiger partial charge on any atom is -0.335 e. The first-order chi connectivity index (χ1) is 10.7. The second-order valence-electron chi connectivity index (χ2n) is 5.85. The third kappa shape index (κ3) is 2.08. The van der Waals surface area contributed by atoms with Crippen LogP contribution >= 0.6 is 0 Å². The lowest BCUT2D eigenvalue weighted by Gasteiger charge is -2.32. The van der Waals surface area contributed by atoms with E-state index in [0.29, 0.717) is 25.3 Å². The molecule has 7 heteroatoms. The molecule has 0 radical (unpaired) electrons. The first-order valence-corrected chi connectivity index (χ1v) is 7.51. The van der Waals surface area contributed by atoms with E-state index < -0.39 is 0 Å². The summed E-state index contributed by atoms with van der Waals surface area (Å²) in [7, 11) is 0. The monoisotopic (exact) mass is 296 g/mol. The van der Waals surface area contributed by atoms with Gasteiger partial charge in [-0.05, 0) is 18.6 Å². The third-order valence-electron chi connectivity index (χ3n) is 4.52. The molecule has 112 valence electrons. The molecule has 0 saturated carbocycles. The molecule has 0 fully saturated rings. The molecular weight excluding hydrogens is 280 g/mol. The van der Waals surface area contributed by atoms with Crippen LogP contribution in [-0.2, 0) is 30.8 Å². The number of aromatic nitrogens is 4. The molecule has 0 bridgehead atoms. The van der Waals surface area contributed by atoms with Gasteiger partial charge in [-0.3, -0.25) is 14.2 Å². The smallest absolute Gasteiger partial charge is 0.226 e. The second-order valence-corrected chi connectivity index (χ2v) is 5.85. The number of carbonyl (C=O) groups excluding carboxylic acids is 1. The Hall–Kier alpha value is -2.62. The number of hydrogen-bond acceptors (Lipinski definition) is 4. The number of hydrogen-bond donors (Lipinski definition) is 0. The average Bonchev–Trinajstić information content (AvgIpc) is 3.18. The Kier molecular flexibility index (Phi) is 2.96. The second kappa shape index (κ2) is 4.98. The summed E-state index contributed by atoms with van der Waals surface area (Å²) in [5.74, 6) is 0.243. The van der Waals surface area contributed by atoms with Crippen LogP contribution in [-0.4, -0.2) is 36.9 Å². The Bertz CT molecular complexity index is 767. The Labute approximate surface area is 127 Å². The number of carbonyl (C=O) groups is 1. The van der Waals surface area contributed by atoms with Crippen molar-refractivity contribution >= 4 is 5.91 Å². The maximum absolute atomic E-state index is 12.8. The summed E-state index contributed by atoms with van der Waals surface area (Å²) in [5, 5.41) is 17.4. The van der Waals surface area contributed by atoms with Gasteiger partial charge in [0.1, 0.15) is 6.07 Å². The number of rotatable bonds is 1. The van der Waals surface area contributed by atoms with E-state index in [4.69, 9.17) is 5.26 Å². The Morgan fingerprint density at radius 1 is 1.27 bits per heavy atom. The number of nitriles is 1. The SMILES string of the molecule is N#Cc1cc2n(n1)CCN(C(=O)C1CCn3nccc3C1)C2. The lowest BCUT2D eigenvalue weighted by molar-refractivity contribution is -0.137. The Morgan fingerprint density at radius 2 is 2.18 bits per heavy atom. The highest BCUT2D eigenvalue weighted by molar-refractivity contribution is 5.79. The van der Waals surface area contributed by atoms with E-state index in [1.54, 1.807) is 12.3 Å². The van der Waals surface area contributed by atoms with Gasteiger partial charge in [-0.15, -0.1) is 0 Å². The summed E-state index contributed by atoms with van der Waals surface area (Å²) < 4.78 is 3.81. The van der Waals surface area contributed by atoms with Crippen molar-refractivity contribution in [2.75, 3.05) is 6.54 Å². The normalized spacial score (nSPS) is 20.1. The third-order valence-corrected chi connectivity index (χ3v) is 4.52. The highest BCUT2D eigenvalue weighted by Gasteiger charge is 2.31. The van der Waals surface area contributed by atoms with Crippen LogP contribution < -0.4 is 0 Å². The van der Waals surface area contributed by atoms with Crippen molar-refractivity contribution in [3.63, 3.8) is 0 Å². The lowest BCUT2D eigenvalue weighted by atomic mass is 9.94. The molecule has 4 heterocycles. The maximum atomic E-state index is 12.8. The highest BCUT2D eigenvalue weighted by Crippen LogP contribution is 2.24. The van der Waals surface area contributed by atoms with Gasteiger partial charge in [-0.1, -0.05) is 0 Å². The first kappa shape index (κ1) is 13.1. The van der Waals surface area contributed by atoms with Crippen molar-refractivity contribution < 1.29 is 4.79 Å². The molecule has 1 amide bonds. The Balaban J connectivity index is 1.49. The van der Waals surface area contributed by atoms with Crippen LogP contribution in [0.5, 0.6) is 0 Å². The van der Waals surface area contributed by atoms with Crippen molar-refractivity contribution in [2.24, 2.45) is 5.92 Å². The molecule has 4 rings (SSSR count). The van der Waals surface area contributed by atoms with E-state index in [1.807, 2.05) is 20.3 Å². The molecule has 1 atom stereocenters. The molecule has 7 nitrogen and oxygen atoms in total. The minimum absolute atomic E-state index is 0.0362. The van der Waals surface area contributed by atoms with Gasteiger partial charge in [0.15, 0.2) is 5.69 Å². The molecule has 2 aliphatic heterocycles. The van der Waals surface area contributed by atoms with Crippen LogP contribution in [0.2, 0.25) is 0 Å². The molecule has 0 N–H and O–H groups in total. The average molecular weight is 296 g/mol. The van der Waals surface area contributed by atoms with Gasteiger partial charge in [0.05, 0.1) is 18.8 Å². The van der Waals surface area contributed by atoms with E-state index in [9.17, 15) is 4.79 Å². The predicted molar refractivity (Wildman–Crippen MR) is 76.4 cm³/mol. The van der Waals surface area contributed by atoms with Crippen molar-refractivity contribution in [1.82, 2.24) is 24.5 Å². The van der Waals surface area contributed by atoms with E-state index in [0.717, 1.165) is 30.8 Å². The molecule has 1 unspecified atom stereocenters. The topological polar surface area (TPSA) is 79.7 Å². The summed E-state index contributed by atoms with van der Waals surface area (Å²) in [5.41, 5.74) is 2.50. The van der Waals surface area contributed by atoms with E-state index in [-0.39, 0.29) is 11.8 Å². The summed E-state index contributed by atoms with van der Waals surface area (Å²) in [4.78, 5) is 14.7. The molecule has 2 aliphatic rings. The number of aryl methyl sites for hydroxylation is 1. The molecule has 0 spiro atoms. The number of amides is 1. The van der Waals surface area contributed by atoms with E-state index >= 15 is 0 Å². The molecule has 2 aromatic heterocycles. The summed E-state index contributed by atoms with van der Waals surface area (Å²) in [6.07, 6.45) is 3.40. The zero-order chi connectivity index (χ0) is 15.1. The van der Waals surface area contributed by atoms with Crippen molar-refractivity contribution in [3.8, 4) is 6.07 Å². The molecule has 0 aromatic carbocycles. The number of nitrogens with zero attached hydrogens (tertiary/aromatic N) is 6. The predicted octanol–water partition coefficient (Wildman–Crippen LogP) is 0.556. The minimum atomic E-state index is 0.0362. The van der Waals surface area contributed by atoms with Gasteiger partial charge in [0.25, 0.3) is 0 Å². The molecule has 2 aromatic rings. The maximum Gasteiger partial charge on any atom is 0.226 e. The van der Waals surface area contributed by atoms with Gasteiger partial charge in [-0.2, -0.15) is 15.5 Å². The van der Waals surface area contributed by atoms with Gasteiger partial charge < -0.3 is 4.90 Å². The van der Waals surface area contributed by atoms with Crippen LogP contribution in [0.3, 0.4) is 0 Å². The fourth-order valence-corrected chi connectivity index (χ4v) is 3.35. The van der Waals surface area contributed by atoms with Gasteiger partial charge in [0.2, 0.25) is 5.91 Å². The zero-order valence-corrected chi connectivity index (χ0v) is 12.1. The van der Waals surface area contributed by atoms with E-state index in [2.05, 4.69) is 16.3 Å². The zero-order valence-electron chi connectivity index (χ0n) is 12.1. The highest BCUT2D eigenvalue weighted by atomic mass is 16.2. The van der Waals surface area contributed by atoms with Crippen LogP contribution in [0.15, 0.2) is 18.3 Å². The first-order valence-electron chi connectivity index (χ1n) is 7.51. The van der Waals surface area contributed by atoms with Crippen LogP contribution in [0.1, 0.15) is 23.5 Å². The van der Waals surface area contributed by atoms with Crippen LogP contribution in [0, 0.1) is 17.2 Å². The quantitative estimate of drug-likeness (QED) is 0.770. The van der Waals surface area contributed by atoms with Crippen molar-refractivity contribution in [3.05, 3.63) is 35.4 Å². The lowest BCUT2D eigenvalue weighted by Crippen LogP contribution is -2.43. The Morgan fingerprint density at radius 3 is 3.05 bits per heavy atom. The molecular formula is C15H16N6O. The fraction of sp³-hybridized carbons (Fsp3) is 0.467.